The highest BCUT2D eigenvalue weighted by atomic mass is 16.4. The molecule has 0 aliphatic carbocycles. The van der Waals surface area contributed by atoms with Crippen molar-refractivity contribution in [2.24, 2.45) is 0 Å². The molecule has 1 aliphatic heterocycles. The smallest absolute Gasteiger partial charge is 0.326 e. The number of amides is 1. The quantitative estimate of drug-likeness (QED) is 0.933. The number of aryl methyl sites for hydroxylation is 1. The van der Waals surface area contributed by atoms with E-state index in [0.717, 1.165) is 18.5 Å². The number of nitrogens with zero attached hydrogens (tertiary/aromatic N) is 4. The van der Waals surface area contributed by atoms with Crippen LogP contribution in [0.5, 0.6) is 0 Å². The van der Waals surface area contributed by atoms with Crippen LogP contribution >= 0.6 is 0 Å². The second kappa shape index (κ2) is 6.22. The third-order valence-electron chi connectivity index (χ3n) is 4.46. The van der Waals surface area contributed by atoms with Gasteiger partial charge in [0.2, 0.25) is 0 Å². The van der Waals surface area contributed by atoms with Crippen LogP contribution in [0.25, 0.3) is 11.0 Å². The summed E-state index contributed by atoms with van der Waals surface area (Å²) in [7, 11) is 0. The topological polar surface area (TPSA) is 88.3 Å². The molecule has 7 nitrogen and oxygen atoms in total. The van der Waals surface area contributed by atoms with Crippen LogP contribution in [0.2, 0.25) is 0 Å². The Bertz CT molecular complexity index is 796. The van der Waals surface area contributed by atoms with Gasteiger partial charge in [0.1, 0.15) is 6.04 Å². The van der Waals surface area contributed by atoms with E-state index in [-0.39, 0.29) is 11.9 Å². The van der Waals surface area contributed by atoms with Crippen LogP contribution in [0.4, 0.5) is 0 Å². The summed E-state index contributed by atoms with van der Waals surface area (Å²) in [6.45, 7) is 6.31. The Morgan fingerprint density at radius 1 is 1.33 bits per heavy atom. The van der Waals surface area contributed by atoms with Gasteiger partial charge in [-0.1, -0.05) is 0 Å². The number of aromatic nitrogens is 3. The average molecular weight is 330 g/mol. The summed E-state index contributed by atoms with van der Waals surface area (Å²) in [6.07, 6.45) is 3.80. The number of hydrogen-bond donors (Lipinski definition) is 1. The van der Waals surface area contributed by atoms with E-state index in [4.69, 9.17) is 0 Å². The Labute approximate surface area is 140 Å². The van der Waals surface area contributed by atoms with Crippen LogP contribution in [-0.2, 0) is 4.79 Å². The van der Waals surface area contributed by atoms with Gasteiger partial charge in [-0.2, -0.15) is 5.10 Å². The molecule has 0 spiro atoms. The number of piperidine rings is 1. The second-order valence-corrected chi connectivity index (χ2v) is 6.58. The molecule has 1 N–H and O–H groups in total. The van der Waals surface area contributed by atoms with E-state index >= 15 is 0 Å². The number of fused-ring (bicyclic) bond motifs is 1. The molecular weight excluding hydrogens is 308 g/mol. The minimum Gasteiger partial charge on any atom is -0.480 e. The molecule has 1 aliphatic rings. The zero-order valence-corrected chi connectivity index (χ0v) is 14.2. The summed E-state index contributed by atoms with van der Waals surface area (Å²) in [5.41, 5.74) is 1.87. The summed E-state index contributed by atoms with van der Waals surface area (Å²) in [6, 6.07) is 1.10. The molecule has 0 saturated carbocycles. The van der Waals surface area contributed by atoms with E-state index in [2.05, 4.69) is 10.1 Å². The van der Waals surface area contributed by atoms with Crippen LogP contribution in [0.3, 0.4) is 0 Å². The van der Waals surface area contributed by atoms with Gasteiger partial charge in [0.15, 0.2) is 5.65 Å². The molecule has 2 aromatic heterocycles. The first-order valence-electron chi connectivity index (χ1n) is 8.28. The fraction of sp³-hybridized carbons (Fsp3) is 0.529. The number of likely N-dealkylation sites (tertiary alicyclic amines) is 1. The maximum absolute atomic E-state index is 13.1. The van der Waals surface area contributed by atoms with Crippen molar-refractivity contribution >= 4 is 22.9 Å². The Morgan fingerprint density at radius 3 is 2.75 bits per heavy atom. The van der Waals surface area contributed by atoms with Gasteiger partial charge in [-0.05, 0) is 46.1 Å². The minimum absolute atomic E-state index is 0.126. The molecule has 128 valence electrons. The first-order chi connectivity index (χ1) is 11.4. The van der Waals surface area contributed by atoms with Crippen LogP contribution in [0.15, 0.2) is 12.3 Å². The van der Waals surface area contributed by atoms with Crippen molar-refractivity contribution in [2.45, 2.75) is 52.1 Å². The predicted octanol–water partition coefficient (Wildman–Crippen LogP) is 2.40. The summed E-state index contributed by atoms with van der Waals surface area (Å²) in [5, 5.41) is 14.4. The van der Waals surface area contributed by atoms with E-state index < -0.39 is 12.0 Å². The lowest BCUT2D eigenvalue weighted by atomic mass is 10.00. The minimum atomic E-state index is -0.942. The lowest BCUT2D eigenvalue weighted by Gasteiger charge is -2.33. The number of carboxylic acid groups (broad SMARTS) is 1. The molecule has 24 heavy (non-hydrogen) atoms. The summed E-state index contributed by atoms with van der Waals surface area (Å²) in [5.74, 6) is -1.19. The third-order valence-corrected chi connectivity index (χ3v) is 4.46. The highest BCUT2D eigenvalue weighted by Crippen LogP contribution is 2.25. The standard InChI is InChI=1S/C17H22N4O3/c1-10(2)21-15-13(9-18-21)12(8-11(3)19-15)16(22)20-7-5-4-6-14(20)17(23)24/h8-10,14H,4-7H2,1-3H3,(H,23,24). The van der Waals surface area contributed by atoms with Crippen molar-refractivity contribution < 1.29 is 14.7 Å². The van der Waals surface area contributed by atoms with Gasteiger partial charge in [-0.25, -0.2) is 14.5 Å². The second-order valence-electron chi connectivity index (χ2n) is 6.58. The van der Waals surface area contributed by atoms with Crippen molar-refractivity contribution in [1.82, 2.24) is 19.7 Å². The van der Waals surface area contributed by atoms with Crippen molar-refractivity contribution in [3.8, 4) is 0 Å². The number of aliphatic carboxylic acids is 1. The molecule has 1 amide bonds. The zero-order chi connectivity index (χ0) is 17.4. The Balaban J connectivity index is 2.08. The molecule has 0 bridgehead atoms. The molecule has 3 rings (SSSR count). The molecule has 3 heterocycles. The lowest BCUT2D eigenvalue weighted by molar-refractivity contribution is -0.143. The number of pyridine rings is 1. The number of carbonyl (C=O) groups is 2. The van der Waals surface area contributed by atoms with E-state index in [0.29, 0.717) is 29.6 Å². The van der Waals surface area contributed by atoms with Crippen LogP contribution in [0.1, 0.15) is 55.2 Å². The number of carboxylic acids is 1. The maximum atomic E-state index is 13.1. The van der Waals surface area contributed by atoms with E-state index in [9.17, 15) is 14.7 Å². The van der Waals surface area contributed by atoms with Crippen LogP contribution in [0, 0.1) is 6.92 Å². The van der Waals surface area contributed by atoms with Crippen molar-refractivity contribution in [2.75, 3.05) is 6.54 Å². The predicted molar refractivity (Wildman–Crippen MR) is 89.0 cm³/mol. The highest BCUT2D eigenvalue weighted by molar-refractivity contribution is 6.06. The van der Waals surface area contributed by atoms with Gasteiger partial charge in [0, 0.05) is 18.3 Å². The lowest BCUT2D eigenvalue weighted by Crippen LogP contribution is -2.48. The maximum Gasteiger partial charge on any atom is 0.326 e. The average Bonchev–Trinajstić information content (AvgIpc) is 2.97. The van der Waals surface area contributed by atoms with Gasteiger partial charge in [0.05, 0.1) is 17.1 Å². The first-order valence-corrected chi connectivity index (χ1v) is 8.28. The van der Waals surface area contributed by atoms with E-state index in [1.165, 1.54) is 4.90 Å². The molecule has 0 radical (unpaired) electrons. The molecule has 0 aromatic carbocycles. The highest BCUT2D eigenvalue weighted by Gasteiger charge is 2.33. The Hall–Kier alpha value is -2.44. The van der Waals surface area contributed by atoms with E-state index in [1.54, 1.807) is 16.9 Å². The van der Waals surface area contributed by atoms with Gasteiger partial charge in [-0.3, -0.25) is 4.79 Å². The van der Waals surface area contributed by atoms with Crippen molar-refractivity contribution in [3.05, 3.63) is 23.5 Å². The zero-order valence-electron chi connectivity index (χ0n) is 14.2. The van der Waals surface area contributed by atoms with Crippen LogP contribution < -0.4 is 0 Å². The van der Waals surface area contributed by atoms with Gasteiger partial charge >= 0.3 is 5.97 Å². The Morgan fingerprint density at radius 2 is 2.08 bits per heavy atom. The fourth-order valence-electron chi connectivity index (χ4n) is 3.28. The summed E-state index contributed by atoms with van der Waals surface area (Å²) in [4.78, 5) is 30.6. The Kier molecular flexibility index (Phi) is 4.26. The summed E-state index contributed by atoms with van der Waals surface area (Å²) < 4.78 is 1.78. The van der Waals surface area contributed by atoms with Gasteiger partial charge in [0.25, 0.3) is 5.91 Å². The van der Waals surface area contributed by atoms with E-state index in [1.807, 2.05) is 20.8 Å². The molecule has 1 atom stereocenters. The molecule has 2 aromatic rings. The number of carbonyl (C=O) groups excluding carboxylic acids is 1. The monoisotopic (exact) mass is 330 g/mol. The fourth-order valence-corrected chi connectivity index (χ4v) is 3.28. The molecular formula is C17H22N4O3. The first kappa shape index (κ1) is 16.4. The number of rotatable bonds is 3. The van der Waals surface area contributed by atoms with Crippen molar-refractivity contribution in [3.63, 3.8) is 0 Å². The van der Waals surface area contributed by atoms with Gasteiger partial charge < -0.3 is 10.0 Å². The largest absolute Gasteiger partial charge is 0.480 e. The molecule has 1 unspecified atom stereocenters. The van der Waals surface area contributed by atoms with Crippen molar-refractivity contribution in [1.29, 1.82) is 0 Å². The SMILES string of the molecule is Cc1cc(C(=O)N2CCCCC2C(=O)O)c2cnn(C(C)C)c2n1. The summed E-state index contributed by atoms with van der Waals surface area (Å²) >= 11 is 0. The van der Waals surface area contributed by atoms with Crippen LogP contribution in [-0.4, -0.2) is 49.2 Å². The molecule has 7 heteroatoms. The molecule has 1 fully saturated rings. The van der Waals surface area contributed by atoms with Gasteiger partial charge in [-0.15, -0.1) is 0 Å². The molecule has 1 saturated heterocycles. The third kappa shape index (κ3) is 2.74. The normalized spacial score (nSPS) is 18.3. The number of hydrogen-bond acceptors (Lipinski definition) is 4.